The third kappa shape index (κ3) is 4.73. The van der Waals surface area contributed by atoms with Crippen LogP contribution in [0.2, 0.25) is 0 Å². The number of aromatic amines is 1. The number of nitrogens with two attached hydrogens (primary N) is 1. The molecule has 0 aliphatic carbocycles. The summed E-state index contributed by atoms with van der Waals surface area (Å²) in [5, 5.41) is 7.92. The van der Waals surface area contributed by atoms with Gasteiger partial charge in [0.15, 0.2) is 5.82 Å². The van der Waals surface area contributed by atoms with Crippen molar-refractivity contribution in [2.45, 2.75) is 26.2 Å². The molecule has 5 rings (SSSR count). The zero-order valence-corrected chi connectivity index (χ0v) is 21.4. The number of benzene rings is 2. The largest absolute Gasteiger partial charge is 0.366 e. The number of aryl methyl sites for hydroxylation is 1. The molecule has 3 aromatic heterocycles. The van der Waals surface area contributed by atoms with Crippen LogP contribution in [0.25, 0.3) is 22.4 Å². The predicted octanol–water partition coefficient (Wildman–Crippen LogP) is 4.66. The van der Waals surface area contributed by atoms with Crippen molar-refractivity contribution >= 4 is 40.2 Å². The molecule has 0 aliphatic rings. The summed E-state index contributed by atoms with van der Waals surface area (Å²) in [5.41, 5.74) is 10.0. The number of aromatic nitrogens is 6. The summed E-state index contributed by atoms with van der Waals surface area (Å²) in [6, 6.07) is 17.0. The van der Waals surface area contributed by atoms with E-state index in [0.717, 1.165) is 34.1 Å². The van der Waals surface area contributed by atoms with Crippen LogP contribution in [0.4, 0.5) is 23.3 Å². The van der Waals surface area contributed by atoms with Crippen molar-refractivity contribution in [2.75, 3.05) is 17.3 Å². The number of amides is 1. The maximum Gasteiger partial charge on any atom is 0.250 e. The van der Waals surface area contributed by atoms with E-state index in [2.05, 4.69) is 57.2 Å². The molecule has 4 N–H and O–H groups in total. The molecule has 0 saturated carbocycles. The molecule has 0 saturated heterocycles. The summed E-state index contributed by atoms with van der Waals surface area (Å²) in [7, 11) is 3.89. The van der Waals surface area contributed by atoms with Crippen LogP contribution in [0.5, 0.6) is 0 Å². The zero-order chi connectivity index (χ0) is 26.3. The Balaban J connectivity index is 1.35. The Morgan fingerprint density at radius 2 is 1.81 bits per heavy atom. The molecule has 188 valence electrons. The van der Waals surface area contributed by atoms with Gasteiger partial charge in [-0.1, -0.05) is 26.8 Å². The molecule has 0 bridgehead atoms. The van der Waals surface area contributed by atoms with E-state index in [0.29, 0.717) is 22.9 Å². The van der Waals surface area contributed by atoms with Gasteiger partial charge in [0.25, 0.3) is 5.91 Å². The van der Waals surface area contributed by atoms with Crippen molar-refractivity contribution in [3.63, 3.8) is 0 Å². The molecule has 2 aromatic carbocycles. The van der Waals surface area contributed by atoms with Crippen LogP contribution in [-0.2, 0) is 12.5 Å². The van der Waals surface area contributed by atoms with Crippen molar-refractivity contribution in [3.05, 3.63) is 72.1 Å². The average Bonchev–Trinajstić information content (AvgIpc) is 3.47. The van der Waals surface area contributed by atoms with Crippen LogP contribution in [0.3, 0.4) is 0 Å². The second-order valence-corrected chi connectivity index (χ2v) is 9.91. The van der Waals surface area contributed by atoms with Crippen LogP contribution in [0.1, 0.15) is 36.8 Å². The first-order chi connectivity index (χ1) is 17.6. The molecule has 0 aliphatic heterocycles. The lowest BCUT2D eigenvalue weighted by Gasteiger charge is -2.18. The van der Waals surface area contributed by atoms with E-state index in [1.54, 1.807) is 18.3 Å². The van der Waals surface area contributed by atoms with Crippen LogP contribution >= 0.6 is 0 Å². The lowest BCUT2D eigenvalue weighted by atomic mass is 9.92. The van der Waals surface area contributed by atoms with Gasteiger partial charge in [0, 0.05) is 48.7 Å². The maximum atomic E-state index is 11.7. The van der Waals surface area contributed by atoms with Gasteiger partial charge in [-0.15, -0.1) is 0 Å². The van der Waals surface area contributed by atoms with Crippen LogP contribution in [0.15, 0.2) is 60.8 Å². The standard InChI is InChI=1S/C27H29N9O/c1-27(2,3)20-15-22(34-36(20)5)35(4)21-13-14-29-26(32-21)30-17-11-9-16(10-12-17)25-31-19-8-6-7-18(24(28)37)23(19)33-25/h6-15H,1-5H3,(H2,28,37)(H,31,33)(H,29,30,32). The first-order valence-corrected chi connectivity index (χ1v) is 11.9. The summed E-state index contributed by atoms with van der Waals surface area (Å²) in [6.07, 6.45) is 1.72. The van der Waals surface area contributed by atoms with Gasteiger partial charge in [-0.25, -0.2) is 9.97 Å². The highest BCUT2D eigenvalue weighted by Gasteiger charge is 2.21. The highest BCUT2D eigenvalue weighted by atomic mass is 16.1. The molecule has 0 fully saturated rings. The number of nitrogens with zero attached hydrogens (tertiary/aromatic N) is 6. The Morgan fingerprint density at radius 3 is 2.49 bits per heavy atom. The number of imidazole rings is 1. The van der Waals surface area contributed by atoms with Gasteiger partial charge in [-0.05, 0) is 42.5 Å². The fraction of sp³-hybridized carbons (Fsp3) is 0.222. The Labute approximate surface area is 214 Å². The van der Waals surface area contributed by atoms with Gasteiger partial charge in [0.2, 0.25) is 5.95 Å². The summed E-state index contributed by atoms with van der Waals surface area (Å²) in [5.74, 6) is 2.15. The van der Waals surface area contributed by atoms with E-state index in [1.165, 1.54) is 0 Å². The molecular weight excluding hydrogens is 466 g/mol. The van der Waals surface area contributed by atoms with Crippen molar-refractivity contribution in [1.82, 2.24) is 29.7 Å². The summed E-state index contributed by atoms with van der Waals surface area (Å²) in [4.78, 5) is 30.5. The molecule has 0 unspecified atom stereocenters. The van der Waals surface area contributed by atoms with Gasteiger partial charge in [-0.3, -0.25) is 9.48 Å². The number of rotatable bonds is 6. The topological polar surface area (TPSA) is 131 Å². The number of H-pyrrole nitrogens is 1. The molecule has 0 spiro atoms. The lowest BCUT2D eigenvalue weighted by Crippen LogP contribution is -2.16. The number of carbonyl (C=O) groups is 1. The minimum Gasteiger partial charge on any atom is -0.366 e. The number of fused-ring (bicyclic) bond motifs is 1. The molecule has 1 amide bonds. The zero-order valence-electron chi connectivity index (χ0n) is 21.4. The molecule has 10 heteroatoms. The first kappa shape index (κ1) is 24.0. The Hall–Kier alpha value is -4.73. The fourth-order valence-corrected chi connectivity index (χ4v) is 4.24. The van der Waals surface area contributed by atoms with Crippen molar-refractivity contribution in [3.8, 4) is 11.4 Å². The van der Waals surface area contributed by atoms with Gasteiger partial charge in [0.05, 0.1) is 11.1 Å². The normalized spacial score (nSPS) is 11.6. The molecule has 37 heavy (non-hydrogen) atoms. The van der Waals surface area contributed by atoms with E-state index in [9.17, 15) is 4.79 Å². The second kappa shape index (κ2) is 9.05. The van der Waals surface area contributed by atoms with Crippen molar-refractivity contribution < 1.29 is 4.79 Å². The minimum absolute atomic E-state index is 0.0160. The number of carbonyl (C=O) groups excluding carboxylic acids is 1. The average molecular weight is 496 g/mol. The maximum absolute atomic E-state index is 11.7. The van der Waals surface area contributed by atoms with E-state index in [4.69, 9.17) is 5.73 Å². The monoisotopic (exact) mass is 495 g/mol. The highest BCUT2D eigenvalue weighted by Crippen LogP contribution is 2.29. The lowest BCUT2D eigenvalue weighted by molar-refractivity contribution is 0.100. The van der Waals surface area contributed by atoms with Crippen LogP contribution < -0.4 is 16.0 Å². The molecule has 0 atom stereocenters. The fourth-order valence-electron chi connectivity index (χ4n) is 4.24. The van der Waals surface area contributed by atoms with Gasteiger partial charge in [-0.2, -0.15) is 10.1 Å². The summed E-state index contributed by atoms with van der Waals surface area (Å²) < 4.78 is 1.91. The summed E-state index contributed by atoms with van der Waals surface area (Å²) in [6.45, 7) is 6.49. The number of hydrogen-bond acceptors (Lipinski definition) is 7. The smallest absolute Gasteiger partial charge is 0.250 e. The molecule has 10 nitrogen and oxygen atoms in total. The number of nitrogens with one attached hydrogen (secondary N) is 2. The minimum atomic E-state index is -0.506. The third-order valence-electron chi connectivity index (χ3n) is 6.16. The third-order valence-corrected chi connectivity index (χ3v) is 6.16. The van der Waals surface area contributed by atoms with Crippen molar-refractivity contribution in [2.24, 2.45) is 12.8 Å². The predicted molar refractivity (Wildman–Crippen MR) is 145 cm³/mol. The van der Waals surface area contributed by atoms with E-state index < -0.39 is 5.91 Å². The van der Waals surface area contributed by atoms with E-state index in [-0.39, 0.29) is 5.41 Å². The molecule has 3 heterocycles. The number of primary amides is 1. The molecule has 5 aromatic rings. The quantitative estimate of drug-likeness (QED) is 0.312. The Bertz CT molecular complexity index is 1590. The van der Waals surface area contributed by atoms with Gasteiger partial charge < -0.3 is 20.9 Å². The SMILES string of the molecule is CN(c1ccnc(Nc2ccc(-c3nc4c(C(N)=O)cccc4[nH]3)cc2)n1)c1cc(C(C)(C)C)n(C)n1. The van der Waals surface area contributed by atoms with Crippen LogP contribution in [0, 0.1) is 0 Å². The summed E-state index contributed by atoms with van der Waals surface area (Å²) >= 11 is 0. The molecular formula is C27H29N9O. The van der Waals surface area contributed by atoms with Crippen molar-refractivity contribution in [1.29, 1.82) is 0 Å². The second-order valence-electron chi connectivity index (χ2n) is 9.91. The van der Waals surface area contributed by atoms with Crippen LogP contribution in [-0.4, -0.2) is 42.7 Å². The Morgan fingerprint density at radius 1 is 1.05 bits per heavy atom. The van der Waals surface area contributed by atoms with Gasteiger partial charge >= 0.3 is 0 Å². The Kier molecular flexibility index (Phi) is 5.87. The van der Waals surface area contributed by atoms with E-state index in [1.807, 2.05) is 60.1 Å². The number of anilines is 4. The van der Waals surface area contributed by atoms with E-state index >= 15 is 0 Å². The first-order valence-electron chi connectivity index (χ1n) is 11.9. The highest BCUT2D eigenvalue weighted by molar-refractivity contribution is 6.04. The van der Waals surface area contributed by atoms with Gasteiger partial charge in [0.1, 0.15) is 17.2 Å². The number of para-hydroxylation sites is 1. The molecule has 0 radical (unpaired) electrons. The number of hydrogen-bond donors (Lipinski definition) is 3.